The van der Waals surface area contributed by atoms with Crippen LogP contribution in [0, 0.1) is 5.92 Å². The predicted molar refractivity (Wildman–Crippen MR) is 87.5 cm³/mol. The summed E-state index contributed by atoms with van der Waals surface area (Å²) >= 11 is 0. The number of nitrogens with one attached hydrogen (secondary N) is 1. The van der Waals surface area contributed by atoms with Crippen LogP contribution in [0.25, 0.3) is 0 Å². The van der Waals surface area contributed by atoms with Crippen LogP contribution < -0.4 is 11.1 Å². The highest BCUT2D eigenvalue weighted by atomic mass is 16.2. The average molecular weight is 303 g/mol. The first kappa shape index (κ1) is 16.3. The molecule has 0 aliphatic carbocycles. The van der Waals surface area contributed by atoms with Gasteiger partial charge in [-0.2, -0.15) is 0 Å². The van der Waals surface area contributed by atoms with Crippen molar-refractivity contribution in [1.82, 2.24) is 4.90 Å². The lowest BCUT2D eigenvalue weighted by Crippen LogP contribution is -2.50. The Hall–Kier alpha value is -2.04. The molecule has 2 atom stereocenters. The standard InChI is InChI=1S/C17H25N3O2/c1-3-6-13-7-4-5-8-15(13)19-17(22)20-11-14(16(18)21)10-9-12(20)2/h4-5,7-8,12,14H,3,6,9-11H2,1-2H3,(H2,18,21)(H,19,22)/t12-,14-/m1/s1. The summed E-state index contributed by atoms with van der Waals surface area (Å²) in [4.78, 5) is 25.7. The number of nitrogens with two attached hydrogens (primary N) is 1. The number of likely N-dealkylation sites (tertiary alicyclic amines) is 1. The molecule has 1 heterocycles. The van der Waals surface area contributed by atoms with Crippen molar-refractivity contribution in [3.8, 4) is 0 Å². The summed E-state index contributed by atoms with van der Waals surface area (Å²) in [5.41, 5.74) is 7.38. The normalized spacial score (nSPS) is 21.5. The van der Waals surface area contributed by atoms with Crippen molar-refractivity contribution in [1.29, 1.82) is 0 Å². The molecule has 5 heteroatoms. The van der Waals surface area contributed by atoms with Gasteiger partial charge in [0.15, 0.2) is 0 Å². The number of hydrogen-bond donors (Lipinski definition) is 2. The van der Waals surface area contributed by atoms with Gasteiger partial charge in [0, 0.05) is 18.3 Å². The number of piperidine rings is 1. The van der Waals surface area contributed by atoms with Crippen molar-refractivity contribution < 1.29 is 9.59 Å². The molecule has 1 aromatic rings. The molecular weight excluding hydrogens is 278 g/mol. The largest absolute Gasteiger partial charge is 0.369 e. The van der Waals surface area contributed by atoms with Crippen LogP contribution in [0.1, 0.15) is 38.7 Å². The first-order chi connectivity index (χ1) is 10.5. The van der Waals surface area contributed by atoms with E-state index in [4.69, 9.17) is 5.73 Å². The van der Waals surface area contributed by atoms with E-state index in [1.54, 1.807) is 4.90 Å². The predicted octanol–water partition coefficient (Wildman–Crippen LogP) is 2.76. The second-order valence-corrected chi connectivity index (χ2v) is 6.02. The van der Waals surface area contributed by atoms with E-state index >= 15 is 0 Å². The zero-order valence-corrected chi connectivity index (χ0v) is 13.3. The molecule has 1 aliphatic rings. The topological polar surface area (TPSA) is 75.4 Å². The van der Waals surface area contributed by atoms with E-state index in [1.165, 1.54) is 0 Å². The highest BCUT2D eigenvalue weighted by Gasteiger charge is 2.31. The van der Waals surface area contributed by atoms with Crippen molar-refractivity contribution in [2.75, 3.05) is 11.9 Å². The molecule has 0 bridgehead atoms. The quantitative estimate of drug-likeness (QED) is 0.897. The van der Waals surface area contributed by atoms with E-state index in [0.717, 1.165) is 36.9 Å². The van der Waals surface area contributed by atoms with E-state index in [2.05, 4.69) is 12.2 Å². The number of primary amides is 1. The molecule has 3 N–H and O–H groups in total. The van der Waals surface area contributed by atoms with E-state index in [-0.39, 0.29) is 23.9 Å². The summed E-state index contributed by atoms with van der Waals surface area (Å²) in [6, 6.07) is 7.82. The summed E-state index contributed by atoms with van der Waals surface area (Å²) in [7, 11) is 0. The fourth-order valence-electron chi connectivity index (χ4n) is 2.94. The van der Waals surface area contributed by atoms with Gasteiger partial charge >= 0.3 is 6.03 Å². The van der Waals surface area contributed by atoms with E-state index in [9.17, 15) is 9.59 Å². The number of aryl methyl sites for hydroxylation is 1. The van der Waals surface area contributed by atoms with Crippen LogP contribution in [0.3, 0.4) is 0 Å². The minimum Gasteiger partial charge on any atom is -0.369 e. The average Bonchev–Trinajstić information content (AvgIpc) is 2.49. The van der Waals surface area contributed by atoms with Gasteiger partial charge in [0.1, 0.15) is 0 Å². The molecule has 120 valence electrons. The Kier molecular flexibility index (Phi) is 5.41. The number of anilines is 1. The molecule has 22 heavy (non-hydrogen) atoms. The molecule has 0 saturated carbocycles. The number of para-hydroxylation sites is 1. The number of hydrogen-bond acceptors (Lipinski definition) is 2. The maximum absolute atomic E-state index is 12.6. The van der Waals surface area contributed by atoms with Crippen LogP contribution >= 0.6 is 0 Å². The Morgan fingerprint density at radius 1 is 1.32 bits per heavy atom. The Labute approximate surface area is 131 Å². The fourth-order valence-corrected chi connectivity index (χ4v) is 2.94. The monoisotopic (exact) mass is 303 g/mol. The lowest BCUT2D eigenvalue weighted by Gasteiger charge is -2.36. The third-order valence-electron chi connectivity index (χ3n) is 4.32. The maximum atomic E-state index is 12.6. The van der Waals surface area contributed by atoms with Gasteiger partial charge < -0.3 is 16.0 Å². The van der Waals surface area contributed by atoms with Gasteiger partial charge in [-0.25, -0.2) is 4.79 Å². The molecule has 0 spiro atoms. The van der Waals surface area contributed by atoms with Gasteiger partial charge in [-0.1, -0.05) is 31.5 Å². The lowest BCUT2D eigenvalue weighted by molar-refractivity contribution is -0.123. The molecule has 1 fully saturated rings. The molecule has 1 aliphatic heterocycles. The van der Waals surface area contributed by atoms with Crippen molar-refractivity contribution in [2.24, 2.45) is 11.7 Å². The summed E-state index contributed by atoms with van der Waals surface area (Å²) in [6.45, 7) is 4.52. The molecule has 0 unspecified atom stereocenters. The third-order valence-corrected chi connectivity index (χ3v) is 4.32. The number of nitrogens with zero attached hydrogens (tertiary/aromatic N) is 1. The van der Waals surface area contributed by atoms with E-state index in [0.29, 0.717) is 6.54 Å². The first-order valence-electron chi connectivity index (χ1n) is 7.97. The zero-order chi connectivity index (χ0) is 16.1. The maximum Gasteiger partial charge on any atom is 0.322 e. The fraction of sp³-hybridized carbons (Fsp3) is 0.529. The van der Waals surface area contributed by atoms with Crippen LogP contribution in [0.15, 0.2) is 24.3 Å². The van der Waals surface area contributed by atoms with Crippen LogP contribution in [-0.4, -0.2) is 29.4 Å². The number of urea groups is 1. The number of benzene rings is 1. The summed E-state index contributed by atoms with van der Waals surface area (Å²) in [6.07, 6.45) is 3.51. The molecular formula is C17H25N3O2. The third kappa shape index (κ3) is 3.78. The van der Waals surface area contributed by atoms with Crippen LogP contribution in [0.2, 0.25) is 0 Å². The van der Waals surface area contributed by atoms with Crippen molar-refractivity contribution >= 4 is 17.6 Å². The highest BCUT2D eigenvalue weighted by Crippen LogP contribution is 2.24. The van der Waals surface area contributed by atoms with Gasteiger partial charge in [0.2, 0.25) is 5.91 Å². The van der Waals surface area contributed by atoms with Gasteiger partial charge in [-0.05, 0) is 37.8 Å². The second-order valence-electron chi connectivity index (χ2n) is 6.02. The van der Waals surface area contributed by atoms with Crippen LogP contribution in [0.4, 0.5) is 10.5 Å². The second kappa shape index (κ2) is 7.29. The van der Waals surface area contributed by atoms with Crippen molar-refractivity contribution in [2.45, 2.75) is 45.6 Å². The van der Waals surface area contributed by atoms with Crippen molar-refractivity contribution in [3.63, 3.8) is 0 Å². The molecule has 5 nitrogen and oxygen atoms in total. The number of carbonyl (C=O) groups excluding carboxylic acids is 2. The summed E-state index contributed by atoms with van der Waals surface area (Å²) < 4.78 is 0. The minimum atomic E-state index is -0.323. The van der Waals surface area contributed by atoms with Gasteiger partial charge in [0.25, 0.3) is 0 Å². The van der Waals surface area contributed by atoms with Crippen LogP contribution in [-0.2, 0) is 11.2 Å². The molecule has 1 aromatic carbocycles. The zero-order valence-electron chi connectivity index (χ0n) is 13.3. The van der Waals surface area contributed by atoms with Gasteiger partial charge in [-0.15, -0.1) is 0 Å². The molecule has 0 radical (unpaired) electrons. The highest BCUT2D eigenvalue weighted by molar-refractivity contribution is 5.91. The van der Waals surface area contributed by atoms with Gasteiger partial charge in [-0.3, -0.25) is 4.79 Å². The number of amides is 3. The molecule has 0 aromatic heterocycles. The van der Waals surface area contributed by atoms with E-state index < -0.39 is 0 Å². The Morgan fingerprint density at radius 3 is 2.73 bits per heavy atom. The number of rotatable bonds is 4. The minimum absolute atomic E-state index is 0.119. The molecule has 1 saturated heterocycles. The summed E-state index contributed by atoms with van der Waals surface area (Å²) in [5.74, 6) is -0.566. The molecule has 2 rings (SSSR count). The Balaban J connectivity index is 2.09. The SMILES string of the molecule is CCCc1ccccc1NC(=O)N1C[C@H](C(N)=O)CC[C@H]1C. The summed E-state index contributed by atoms with van der Waals surface area (Å²) in [5, 5.41) is 2.99. The van der Waals surface area contributed by atoms with Crippen molar-refractivity contribution in [3.05, 3.63) is 29.8 Å². The van der Waals surface area contributed by atoms with Crippen LogP contribution in [0.5, 0.6) is 0 Å². The Morgan fingerprint density at radius 2 is 2.05 bits per heavy atom. The molecule has 3 amide bonds. The number of carbonyl (C=O) groups is 2. The van der Waals surface area contributed by atoms with E-state index in [1.807, 2.05) is 31.2 Å². The Bertz CT molecular complexity index is 544. The van der Waals surface area contributed by atoms with Gasteiger partial charge in [0.05, 0.1) is 5.92 Å². The first-order valence-corrected chi connectivity index (χ1v) is 7.97. The smallest absolute Gasteiger partial charge is 0.322 e. The lowest BCUT2D eigenvalue weighted by atomic mass is 9.93.